The van der Waals surface area contributed by atoms with Crippen molar-refractivity contribution >= 4 is 0 Å². The smallest absolute Gasteiger partial charge is 0.0644 e. The Morgan fingerprint density at radius 2 is 1.94 bits per heavy atom. The van der Waals surface area contributed by atoms with Crippen molar-refractivity contribution < 1.29 is 4.74 Å². The summed E-state index contributed by atoms with van der Waals surface area (Å²) in [5.74, 6) is 0.641. The predicted octanol–water partition coefficient (Wildman–Crippen LogP) is 4.94. The quantitative estimate of drug-likeness (QED) is 0.419. The van der Waals surface area contributed by atoms with Crippen LogP contribution in [0.25, 0.3) is 0 Å². The van der Waals surface area contributed by atoms with Gasteiger partial charge in [0.15, 0.2) is 0 Å². The van der Waals surface area contributed by atoms with Gasteiger partial charge in [0.05, 0.1) is 6.61 Å². The molecule has 100 valence electrons. The summed E-state index contributed by atoms with van der Waals surface area (Å²) in [7, 11) is 0. The highest BCUT2D eigenvalue weighted by Gasteiger charge is 2.10. The zero-order chi connectivity index (χ0) is 13.1. The predicted molar refractivity (Wildman–Crippen MR) is 79.0 cm³/mol. The summed E-state index contributed by atoms with van der Waals surface area (Å²) >= 11 is 0. The summed E-state index contributed by atoms with van der Waals surface area (Å²) in [6.07, 6.45) is 8.13. The molecule has 0 aromatic heterocycles. The average Bonchev–Trinajstić information content (AvgIpc) is 2.42. The van der Waals surface area contributed by atoms with Crippen LogP contribution in [-0.4, -0.2) is 13.2 Å². The van der Waals surface area contributed by atoms with Gasteiger partial charge >= 0.3 is 0 Å². The normalized spacial score (nSPS) is 12.3. The fraction of sp³-hybridized carbons (Fsp3) is 0.529. The largest absolute Gasteiger partial charge is 0.377 e. The highest BCUT2D eigenvalue weighted by Crippen LogP contribution is 2.25. The molecule has 1 nitrogen and oxygen atoms in total. The molecule has 1 atom stereocenters. The van der Waals surface area contributed by atoms with E-state index in [2.05, 4.69) is 43.8 Å². The van der Waals surface area contributed by atoms with E-state index in [-0.39, 0.29) is 0 Å². The minimum absolute atomic E-state index is 0.641. The lowest BCUT2D eigenvalue weighted by molar-refractivity contribution is 0.152. The third-order valence-corrected chi connectivity index (χ3v) is 3.27. The van der Waals surface area contributed by atoms with Crippen LogP contribution in [0.1, 0.15) is 50.5 Å². The highest BCUT2D eigenvalue weighted by atomic mass is 16.5. The van der Waals surface area contributed by atoms with Crippen LogP contribution in [0.5, 0.6) is 0 Å². The Bertz CT molecular complexity index is 305. The van der Waals surface area contributed by atoms with Gasteiger partial charge in [0.25, 0.3) is 0 Å². The van der Waals surface area contributed by atoms with Gasteiger partial charge in [-0.3, -0.25) is 0 Å². The molecule has 0 saturated carbocycles. The van der Waals surface area contributed by atoms with Gasteiger partial charge in [0, 0.05) is 6.61 Å². The number of unbranched alkanes of at least 4 members (excludes halogenated alkanes) is 2. The first-order valence-corrected chi connectivity index (χ1v) is 7.12. The molecule has 0 aliphatic carbocycles. The van der Waals surface area contributed by atoms with Crippen LogP contribution in [0, 0.1) is 0 Å². The molecule has 0 spiro atoms. The summed E-state index contributed by atoms with van der Waals surface area (Å²) < 4.78 is 5.52. The van der Waals surface area contributed by atoms with E-state index in [4.69, 9.17) is 4.74 Å². The number of hydrogen-bond acceptors (Lipinski definition) is 1. The van der Waals surface area contributed by atoms with Crippen molar-refractivity contribution in [1.82, 2.24) is 0 Å². The maximum absolute atomic E-state index is 5.52. The Morgan fingerprint density at radius 1 is 1.17 bits per heavy atom. The van der Waals surface area contributed by atoms with E-state index in [0.29, 0.717) is 12.5 Å². The second-order valence-corrected chi connectivity index (χ2v) is 4.76. The maximum atomic E-state index is 5.52. The molecular weight excluding hydrogens is 220 g/mol. The van der Waals surface area contributed by atoms with E-state index in [9.17, 15) is 0 Å². The molecule has 0 saturated heterocycles. The van der Waals surface area contributed by atoms with Crippen LogP contribution in [-0.2, 0) is 4.74 Å². The van der Waals surface area contributed by atoms with Crippen molar-refractivity contribution in [3.8, 4) is 0 Å². The third-order valence-electron chi connectivity index (χ3n) is 3.27. The van der Waals surface area contributed by atoms with Gasteiger partial charge in [-0.15, -0.1) is 6.58 Å². The highest BCUT2D eigenvalue weighted by molar-refractivity contribution is 5.19. The lowest BCUT2D eigenvalue weighted by Crippen LogP contribution is -2.04. The van der Waals surface area contributed by atoms with E-state index >= 15 is 0 Å². The molecule has 0 fully saturated rings. The summed E-state index contributed by atoms with van der Waals surface area (Å²) in [6.45, 7) is 7.42. The van der Waals surface area contributed by atoms with Crippen molar-refractivity contribution in [2.24, 2.45) is 0 Å². The van der Waals surface area contributed by atoms with Gasteiger partial charge in [-0.25, -0.2) is 0 Å². The lowest BCUT2D eigenvalue weighted by Gasteiger charge is -2.17. The minimum atomic E-state index is 0.641. The number of ether oxygens (including phenoxy) is 1. The van der Waals surface area contributed by atoms with E-state index in [1.54, 1.807) is 0 Å². The Labute approximate surface area is 112 Å². The topological polar surface area (TPSA) is 9.23 Å². The molecule has 1 heteroatoms. The third kappa shape index (κ3) is 6.02. The van der Waals surface area contributed by atoms with E-state index in [0.717, 1.165) is 13.0 Å². The van der Waals surface area contributed by atoms with Crippen LogP contribution < -0.4 is 0 Å². The Hall–Kier alpha value is -1.08. The molecule has 0 aliphatic heterocycles. The van der Waals surface area contributed by atoms with Crippen LogP contribution >= 0.6 is 0 Å². The molecule has 1 unspecified atom stereocenters. The average molecular weight is 246 g/mol. The van der Waals surface area contributed by atoms with Crippen molar-refractivity contribution in [3.05, 3.63) is 48.6 Å². The number of rotatable bonds is 10. The molecule has 1 rings (SSSR count). The van der Waals surface area contributed by atoms with Crippen LogP contribution in [0.3, 0.4) is 0 Å². The van der Waals surface area contributed by atoms with Gasteiger partial charge in [0.1, 0.15) is 0 Å². The van der Waals surface area contributed by atoms with Crippen molar-refractivity contribution in [2.75, 3.05) is 13.2 Å². The van der Waals surface area contributed by atoms with E-state index in [1.807, 2.05) is 6.08 Å². The van der Waals surface area contributed by atoms with Gasteiger partial charge in [-0.1, -0.05) is 62.6 Å². The summed E-state index contributed by atoms with van der Waals surface area (Å²) in [6, 6.07) is 10.8. The van der Waals surface area contributed by atoms with Crippen LogP contribution in [0.15, 0.2) is 43.0 Å². The van der Waals surface area contributed by atoms with Gasteiger partial charge < -0.3 is 4.74 Å². The lowest BCUT2D eigenvalue weighted by atomic mass is 9.91. The van der Waals surface area contributed by atoms with Crippen molar-refractivity contribution in [2.45, 2.75) is 44.9 Å². The second-order valence-electron chi connectivity index (χ2n) is 4.76. The second kappa shape index (κ2) is 9.90. The molecule has 1 aromatic rings. The van der Waals surface area contributed by atoms with Crippen molar-refractivity contribution in [3.63, 3.8) is 0 Å². The Morgan fingerprint density at radius 3 is 2.61 bits per heavy atom. The monoisotopic (exact) mass is 246 g/mol. The fourth-order valence-electron chi connectivity index (χ4n) is 2.24. The first-order chi connectivity index (χ1) is 8.88. The fourth-order valence-corrected chi connectivity index (χ4v) is 2.24. The molecule has 0 bridgehead atoms. The Balaban J connectivity index is 2.44. The molecule has 0 amide bonds. The first-order valence-electron chi connectivity index (χ1n) is 7.12. The van der Waals surface area contributed by atoms with E-state index < -0.39 is 0 Å². The molecule has 1 aromatic carbocycles. The van der Waals surface area contributed by atoms with E-state index in [1.165, 1.54) is 31.2 Å². The zero-order valence-corrected chi connectivity index (χ0v) is 11.6. The summed E-state index contributed by atoms with van der Waals surface area (Å²) in [4.78, 5) is 0. The Kier molecular flexibility index (Phi) is 8.24. The number of hydrogen-bond donors (Lipinski definition) is 0. The van der Waals surface area contributed by atoms with Gasteiger partial charge in [-0.05, 0) is 24.3 Å². The standard InChI is InChI=1S/C17H26O/c1-3-5-7-10-17(13-15-18-14-4-2)16-11-8-6-9-12-16/h4,6,8-9,11-12,17H,2-3,5,7,10,13-15H2,1H3. The molecule has 18 heavy (non-hydrogen) atoms. The molecular formula is C17H26O. The summed E-state index contributed by atoms with van der Waals surface area (Å²) in [5.41, 5.74) is 1.45. The van der Waals surface area contributed by atoms with Gasteiger partial charge in [-0.2, -0.15) is 0 Å². The molecule has 0 N–H and O–H groups in total. The van der Waals surface area contributed by atoms with Crippen LogP contribution in [0.4, 0.5) is 0 Å². The first kappa shape index (κ1) is 15.0. The molecule has 0 heterocycles. The van der Waals surface area contributed by atoms with Crippen molar-refractivity contribution in [1.29, 1.82) is 0 Å². The zero-order valence-electron chi connectivity index (χ0n) is 11.6. The number of benzene rings is 1. The maximum Gasteiger partial charge on any atom is 0.0644 e. The molecule has 0 radical (unpaired) electrons. The molecule has 0 aliphatic rings. The SMILES string of the molecule is C=CCOCCC(CCCCC)c1ccccc1. The minimum Gasteiger partial charge on any atom is -0.377 e. The van der Waals surface area contributed by atoms with Gasteiger partial charge in [0.2, 0.25) is 0 Å². The summed E-state index contributed by atoms with van der Waals surface area (Å²) in [5, 5.41) is 0. The van der Waals surface area contributed by atoms with Crippen LogP contribution in [0.2, 0.25) is 0 Å².